The van der Waals surface area contributed by atoms with Gasteiger partial charge in [-0.2, -0.15) is 4.31 Å². The van der Waals surface area contributed by atoms with Crippen LogP contribution in [0.2, 0.25) is 0 Å². The Bertz CT molecular complexity index is 603. The molecule has 0 aliphatic carbocycles. The second-order valence-electron chi connectivity index (χ2n) is 5.51. The summed E-state index contributed by atoms with van der Waals surface area (Å²) in [4.78, 5) is 0.332. The minimum Gasteiger partial charge on any atom is -0.398 e. The Morgan fingerprint density at radius 2 is 1.75 bits per heavy atom. The van der Waals surface area contributed by atoms with Crippen molar-refractivity contribution in [1.82, 2.24) is 4.31 Å². The van der Waals surface area contributed by atoms with Gasteiger partial charge >= 0.3 is 0 Å². The quantitative estimate of drug-likeness (QED) is 0.843. The van der Waals surface area contributed by atoms with Gasteiger partial charge in [0.25, 0.3) is 0 Å². The van der Waals surface area contributed by atoms with Crippen LogP contribution in [0, 0.1) is 13.8 Å². The van der Waals surface area contributed by atoms with E-state index in [4.69, 9.17) is 10.5 Å². The number of hydrogen-bond donors (Lipinski definition) is 1. The van der Waals surface area contributed by atoms with Crippen LogP contribution in [0.3, 0.4) is 0 Å². The fourth-order valence-corrected chi connectivity index (χ4v) is 4.75. The average Bonchev–Trinajstić information content (AvgIpc) is 2.33. The monoisotopic (exact) mass is 298 g/mol. The molecule has 0 radical (unpaired) electrons. The first-order valence-corrected chi connectivity index (χ1v) is 8.18. The van der Waals surface area contributed by atoms with Crippen molar-refractivity contribution in [2.24, 2.45) is 0 Å². The molecular formula is C14H22N2O3S. The van der Waals surface area contributed by atoms with Gasteiger partial charge in [-0.3, -0.25) is 0 Å². The van der Waals surface area contributed by atoms with Crippen LogP contribution < -0.4 is 5.73 Å². The van der Waals surface area contributed by atoms with Gasteiger partial charge in [0.1, 0.15) is 0 Å². The minimum absolute atomic E-state index is 0.102. The lowest BCUT2D eigenvalue weighted by atomic mass is 10.1. The summed E-state index contributed by atoms with van der Waals surface area (Å²) >= 11 is 0. The summed E-state index contributed by atoms with van der Waals surface area (Å²) in [6.45, 7) is 8.07. The molecule has 5 nitrogen and oxygen atoms in total. The molecule has 2 N–H and O–H groups in total. The molecule has 0 saturated carbocycles. The first-order valence-electron chi connectivity index (χ1n) is 6.74. The summed E-state index contributed by atoms with van der Waals surface area (Å²) in [6, 6.07) is 3.50. The normalized spacial score (nSPS) is 24.8. The van der Waals surface area contributed by atoms with Gasteiger partial charge in [-0.25, -0.2) is 8.42 Å². The maximum Gasteiger partial charge on any atom is 0.243 e. The Kier molecular flexibility index (Phi) is 4.09. The van der Waals surface area contributed by atoms with E-state index >= 15 is 0 Å². The van der Waals surface area contributed by atoms with Crippen LogP contribution in [-0.4, -0.2) is 38.0 Å². The van der Waals surface area contributed by atoms with E-state index in [2.05, 4.69) is 0 Å². The number of benzene rings is 1. The van der Waals surface area contributed by atoms with Gasteiger partial charge in [-0.15, -0.1) is 0 Å². The SMILES string of the molecule is Cc1ccc(N)c(C)c1S(=O)(=O)N1C[C@@H](C)O[C@@H](C)C1. The smallest absolute Gasteiger partial charge is 0.243 e. The zero-order chi connectivity index (χ0) is 15.1. The second-order valence-corrected chi connectivity index (χ2v) is 7.38. The first-order chi connectivity index (χ1) is 9.23. The highest BCUT2D eigenvalue weighted by Crippen LogP contribution is 2.29. The van der Waals surface area contributed by atoms with E-state index in [-0.39, 0.29) is 12.2 Å². The standard InChI is InChI=1S/C14H22N2O3S/c1-9-5-6-13(15)12(4)14(9)20(17,18)16-7-10(2)19-11(3)8-16/h5-6,10-11H,7-8,15H2,1-4H3/t10-,11+. The zero-order valence-electron chi connectivity index (χ0n) is 12.4. The first kappa shape index (κ1) is 15.3. The molecule has 0 unspecified atom stereocenters. The molecule has 1 heterocycles. The van der Waals surface area contributed by atoms with E-state index in [1.54, 1.807) is 26.0 Å². The van der Waals surface area contributed by atoms with Gasteiger partial charge in [0.05, 0.1) is 17.1 Å². The highest BCUT2D eigenvalue weighted by atomic mass is 32.2. The van der Waals surface area contributed by atoms with E-state index in [0.717, 1.165) is 5.56 Å². The lowest BCUT2D eigenvalue weighted by molar-refractivity contribution is -0.0441. The lowest BCUT2D eigenvalue weighted by Crippen LogP contribution is -2.48. The van der Waals surface area contributed by atoms with Crippen LogP contribution in [0.15, 0.2) is 17.0 Å². The predicted octanol–water partition coefficient (Wildman–Crippen LogP) is 1.68. The molecule has 20 heavy (non-hydrogen) atoms. The molecule has 1 aliphatic rings. The highest BCUT2D eigenvalue weighted by Gasteiger charge is 2.34. The van der Waals surface area contributed by atoms with Crippen molar-refractivity contribution in [2.75, 3.05) is 18.8 Å². The Hall–Kier alpha value is -1.11. The molecule has 0 aromatic heterocycles. The Labute approximate surface area is 120 Å². The van der Waals surface area contributed by atoms with Crippen molar-refractivity contribution in [3.05, 3.63) is 23.3 Å². The lowest BCUT2D eigenvalue weighted by Gasteiger charge is -2.35. The van der Waals surface area contributed by atoms with Crippen molar-refractivity contribution < 1.29 is 13.2 Å². The molecule has 6 heteroatoms. The highest BCUT2D eigenvalue weighted by molar-refractivity contribution is 7.89. The molecule has 2 rings (SSSR count). The molecule has 2 atom stereocenters. The van der Waals surface area contributed by atoms with Crippen molar-refractivity contribution >= 4 is 15.7 Å². The summed E-state index contributed by atoms with van der Waals surface area (Å²) in [7, 11) is -3.54. The number of ether oxygens (including phenoxy) is 1. The van der Waals surface area contributed by atoms with E-state index in [9.17, 15) is 8.42 Å². The number of nitrogens with two attached hydrogens (primary N) is 1. The Morgan fingerprint density at radius 1 is 1.20 bits per heavy atom. The van der Waals surface area contributed by atoms with Gasteiger partial charge in [0, 0.05) is 18.8 Å². The molecule has 0 amide bonds. The van der Waals surface area contributed by atoms with Crippen molar-refractivity contribution in [2.45, 2.75) is 44.8 Å². The number of rotatable bonds is 2. The largest absolute Gasteiger partial charge is 0.398 e. The number of nitrogens with zero attached hydrogens (tertiary/aromatic N) is 1. The Balaban J connectivity index is 2.48. The van der Waals surface area contributed by atoms with Gasteiger partial charge in [-0.1, -0.05) is 6.07 Å². The minimum atomic E-state index is -3.54. The van der Waals surface area contributed by atoms with Gasteiger partial charge in [0.15, 0.2) is 0 Å². The molecule has 1 aromatic rings. The number of nitrogen functional groups attached to an aromatic ring is 1. The fraction of sp³-hybridized carbons (Fsp3) is 0.571. The van der Waals surface area contributed by atoms with Crippen LogP contribution in [0.4, 0.5) is 5.69 Å². The summed E-state index contributed by atoms with van der Waals surface area (Å²) in [5, 5.41) is 0. The number of sulfonamides is 1. The van der Waals surface area contributed by atoms with Crippen LogP contribution in [0.25, 0.3) is 0 Å². The number of aryl methyl sites for hydroxylation is 1. The third-order valence-electron chi connectivity index (χ3n) is 3.63. The molecular weight excluding hydrogens is 276 g/mol. The van der Waals surface area contributed by atoms with Crippen molar-refractivity contribution in [3.8, 4) is 0 Å². The number of anilines is 1. The fourth-order valence-electron chi connectivity index (χ4n) is 2.70. The maximum absolute atomic E-state index is 12.9. The maximum atomic E-state index is 12.9. The molecule has 0 bridgehead atoms. The summed E-state index contributed by atoms with van der Waals surface area (Å²) in [5.74, 6) is 0. The molecule has 112 valence electrons. The molecule has 0 spiro atoms. The van der Waals surface area contributed by atoms with E-state index in [1.165, 1.54) is 4.31 Å². The predicted molar refractivity (Wildman–Crippen MR) is 79.1 cm³/mol. The molecule has 1 saturated heterocycles. The summed E-state index contributed by atoms with van der Waals surface area (Å²) in [6.07, 6.45) is -0.203. The van der Waals surface area contributed by atoms with Gasteiger partial charge < -0.3 is 10.5 Å². The summed E-state index contributed by atoms with van der Waals surface area (Å²) < 4.78 is 32.9. The second kappa shape index (κ2) is 5.35. The average molecular weight is 298 g/mol. The molecule has 1 aromatic carbocycles. The topological polar surface area (TPSA) is 72.6 Å². The van der Waals surface area contributed by atoms with Crippen molar-refractivity contribution in [1.29, 1.82) is 0 Å². The third kappa shape index (κ3) is 2.68. The van der Waals surface area contributed by atoms with E-state index < -0.39 is 10.0 Å². The van der Waals surface area contributed by atoms with Crippen LogP contribution in [0.1, 0.15) is 25.0 Å². The van der Waals surface area contributed by atoms with Crippen LogP contribution in [0.5, 0.6) is 0 Å². The van der Waals surface area contributed by atoms with Gasteiger partial charge in [0.2, 0.25) is 10.0 Å². The van der Waals surface area contributed by atoms with Crippen LogP contribution >= 0.6 is 0 Å². The zero-order valence-corrected chi connectivity index (χ0v) is 13.2. The van der Waals surface area contributed by atoms with Crippen LogP contribution in [-0.2, 0) is 14.8 Å². The van der Waals surface area contributed by atoms with E-state index in [1.807, 2.05) is 13.8 Å². The third-order valence-corrected chi connectivity index (χ3v) is 5.75. The summed E-state index contributed by atoms with van der Waals surface area (Å²) in [5.41, 5.74) is 7.71. The number of hydrogen-bond acceptors (Lipinski definition) is 4. The van der Waals surface area contributed by atoms with E-state index in [0.29, 0.717) is 29.2 Å². The number of morpholine rings is 1. The van der Waals surface area contributed by atoms with Crippen molar-refractivity contribution in [3.63, 3.8) is 0 Å². The molecule has 1 fully saturated rings. The molecule has 1 aliphatic heterocycles. The Morgan fingerprint density at radius 3 is 2.30 bits per heavy atom. The van der Waals surface area contributed by atoms with Gasteiger partial charge in [-0.05, 0) is 44.9 Å².